The Morgan fingerprint density at radius 3 is 2.52 bits per heavy atom. The fraction of sp³-hybridized carbons (Fsp3) is 0.550. The third-order valence-corrected chi connectivity index (χ3v) is 7.53. The second-order valence-electron chi connectivity index (χ2n) is 9.07. The fourth-order valence-electron chi connectivity index (χ4n) is 4.20. The first-order chi connectivity index (χ1) is 14.6. The maximum absolute atomic E-state index is 13.2. The summed E-state index contributed by atoms with van der Waals surface area (Å²) in [5.41, 5.74) is 1.74. The molecule has 10 nitrogen and oxygen atoms in total. The van der Waals surface area contributed by atoms with Gasteiger partial charge in [-0.15, -0.1) is 5.10 Å². The SMILES string of the molecule is Cc1nnc(-n2cnc3c(N4C[C@H](C)N[C@@H](C)C4)cc(S(=O)(=O)NC4(C)CC4)cc32)o1. The smallest absolute Gasteiger partial charge is 0.328 e. The van der Waals surface area contributed by atoms with Gasteiger partial charge >= 0.3 is 6.01 Å². The van der Waals surface area contributed by atoms with Crippen molar-refractivity contribution in [1.29, 1.82) is 0 Å². The molecule has 2 aromatic heterocycles. The zero-order valence-corrected chi connectivity index (χ0v) is 18.9. The molecule has 1 saturated heterocycles. The van der Waals surface area contributed by atoms with Crippen molar-refractivity contribution in [3.63, 3.8) is 0 Å². The van der Waals surface area contributed by atoms with E-state index in [1.165, 1.54) is 0 Å². The molecule has 5 rings (SSSR count). The van der Waals surface area contributed by atoms with Crippen molar-refractivity contribution >= 4 is 26.7 Å². The van der Waals surface area contributed by atoms with Crippen LogP contribution in [0.5, 0.6) is 0 Å². The molecule has 0 unspecified atom stereocenters. The fourth-order valence-corrected chi connectivity index (χ4v) is 5.71. The van der Waals surface area contributed by atoms with E-state index in [0.29, 0.717) is 16.9 Å². The van der Waals surface area contributed by atoms with Crippen molar-refractivity contribution in [3.05, 3.63) is 24.4 Å². The van der Waals surface area contributed by atoms with Crippen molar-refractivity contribution in [2.45, 2.75) is 63.1 Å². The Morgan fingerprint density at radius 2 is 1.90 bits per heavy atom. The molecule has 0 bridgehead atoms. The van der Waals surface area contributed by atoms with Crippen molar-refractivity contribution in [2.24, 2.45) is 0 Å². The summed E-state index contributed by atoms with van der Waals surface area (Å²) in [5.74, 6) is 0.425. The summed E-state index contributed by atoms with van der Waals surface area (Å²) in [7, 11) is -3.71. The molecule has 2 fully saturated rings. The lowest BCUT2D eigenvalue weighted by atomic mass is 10.1. The van der Waals surface area contributed by atoms with E-state index in [2.05, 4.69) is 44.0 Å². The molecule has 1 saturated carbocycles. The van der Waals surface area contributed by atoms with E-state index in [4.69, 9.17) is 4.42 Å². The minimum Gasteiger partial charge on any atom is -0.408 e. The number of fused-ring (bicyclic) bond motifs is 1. The number of rotatable bonds is 5. The highest BCUT2D eigenvalue weighted by molar-refractivity contribution is 7.89. The Labute approximate surface area is 181 Å². The third-order valence-electron chi connectivity index (χ3n) is 5.92. The van der Waals surface area contributed by atoms with Crippen LogP contribution in [0.1, 0.15) is 39.5 Å². The van der Waals surface area contributed by atoms with Crippen molar-refractivity contribution < 1.29 is 12.8 Å². The standard InChI is InChI=1S/C20H27N7O3S/c1-12-9-26(10-13(2)22-12)16-7-15(31(28,29)25-20(4)5-6-20)8-17-18(16)21-11-27(17)19-24-23-14(3)30-19/h7-8,11-13,22,25H,5-6,9-10H2,1-4H3/t12-,13-/m0/s1. The number of hydrogen-bond donors (Lipinski definition) is 2. The average Bonchev–Trinajstić information content (AvgIpc) is 3.07. The number of aromatic nitrogens is 4. The summed E-state index contributed by atoms with van der Waals surface area (Å²) in [6.07, 6.45) is 3.28. The molecule has 2 N–H and O–H groups in total. The van der Waals surface area contributed by atoms with Crippen LogP contribution in [0.4, 0.5) is 5.69 Å². The maximum atomic E-state index is 13.2. The van der Waals surface area contributed by atoms with Gasteiger partial charge in [0.1, 0.15) is 11.8 Å². The van der Waals surface area contributed by atoms with Crippen LogP contribution in [0, 0.1) is 6.92 Å². The lowest BCUT2D eigenvalue weighted by Gasteiger charge is -2.37. The molecule has 1 aliphatic heterocycles. The van der Waals surface area contributed by atoms with E-state index in [1.54, 1.807) is 30.0 Å². The van der Waals surface area contributed by atoms with E-state index in [0.717, 1.165) is 31.6 Å². The number of aryl methyl sites for hydroxylation is 1. The molecule has 2 atom stereocenters. The molecule has 1 aromatic carbocycles. The molecule has 31 heavy (non-hydrogen) atoms. The largest absolute Gasteiger partial charge is 0.408 e. The first-order valence-electron chi connectivity index (χ1n) is 10.5. The second kappa shape index (κ2) is 7.01. The van der Waals surface area contributed by atoms with Gasteiger partial charge in [-0.3, -0.25) is 4.57 Å². The molecular weight excluding hydrogens is 418 g/mol. The summed E-state index contributed by atoms with van der Waals surface area (Å²) in [6.45, 7) is 9.38. The molecule has 0 amide bonds. The predicted octanol–water partition coefficient (Wildman–Crippen LogP) is 1.73. The number of imidazole rings is 1. The molecule has 1 aliphatic carbocycles. The Kier molecular flexibility index (Phi) is 4.61. The van der Waals surface area contributed by atoms with E-state index in [-0.39, 0.29) is 28.5 Å². The summed E-state index contributed by atoms with van der Waals surface area (Å²) in [5, 5.41) is 11.5. The molecule has 3 heterocycles. The maximum Gasteiger partial charge on any atom is 0.328 e. The summed E-state index contributed by atoms with van der Waals surface area (Å²) < 4.78 is 36.6. The van der Waals surface area contributed by atoms with Crippen molar-refractivity contribution in [2.75, 3.05) is 18.0 Å². The van der Waals surface area contributed by atoms with Crippen LogP contribution in [0.15, 0.2) is 27.8 Å². The number of nitrogens with zero attached hydrogens (tertiary/aromatic N) is 5. The Bertz CT molecular complexity index is 1230. The van der Waals surface area contributed by atoms with Gasteiger partial charge < -0.3 is 14.6 Å². The monoisotopic (exact) mass is 445 g/mol. The van der Waals surface area contributed by atoms with Gasteiger partial charge in [0.05, 0.1) is 16.1 Å². The first-order valence-corrected chi connectivity index (χ1v) is 12.0. The number of benzene rings is 1. The van der Waals surface area contributed by atoms with Gasteiger partial charge in [-0.1, -0.05) is 5.10 Å². The highest BCUT2D eigenvalue weighted by atomic mass is 32.2. The average molecular weight is 446 g/mol. The van der Waals surface area contributed by atoms with Crippen LogP contribution in [0.25, 0.3) is 17.0 Å². The highest BCUT2D eigenvalue weighted by Crippen LogP contribution is 2.37. The molecular formula is C20H27N7O3S. The summed E-state index contributed by atoms with van der Waals surface area (Å²) >= 11 is 0. The van der Waals surface area contributed by atoms with Gasteiger partial charge in [-0.2, -0.15) is 0 Å². The predicted molar refractivity (Wildman–Crippen MR) is 116 cm³/mol. The number of hydrogen-bond acceptors (Lipinski definition) is 8. The van der Waals surface area contributed by atoms with Gasteiger partial charge in [0.15, 0.2) is 0 Å². The van der Waals surface area contributed by atoms with E-state index < -0.39 is 10.0 Å². The van der Waals surface area contributed by atoms with Crippen LogP contribution in [0.2, 0.25) is 0 Å². The van der Waals surface area contributed by atoms with Crippen LogP contribution in [-0.2, 0) is 10.0 Å². The van der Waals surface area contributed by atoms with Crippen LogP contribution < -0.4 is 14.9 Å². The topological polar surface area (TPSA) is 118 Å². The van der Waals surface area contributed by atoms with Gasteiger partial charge in [0, 0.05) is 37.6 Å². The van der Waals surface area contributed by atoms with Gasteiger partial charge in [0.25, 0.3) is 0 Å². The Hall–Kier alpha value is -2.50. The zero-order valence-electron chi connectivity index (χ0n) is 18.1. The van der Waals surface area contributed by atoms with Crippen LogP contribution in [0.3, 0.4) is 0 Å². The van der Waals surface area contributed by atoms with Crippen molar-refractivity contribution in [3.8, 4) is 6.01 Å². The molecule has 0 spiro atoms. The third kappa shape index (κ3) is 3.81. The minimum absolute atomic E-state index is 0.208. The molecule has 2 aliphatic rings. The van der Waals surface area contributed by atoms with E-state index in [9.17, 15) is 8.42 Å². The minimum atomic E-state index is -3.71. The number of piperazine rings is 1. The number of anilines is 1. The lowest BCUT2D eigenvalue weighted by molar-refractivity contribution is 0.407. The van der Waals surface area contributed by atoms with Gasteiger partial charge in [-0.05, 0) is 45.7 Å². The molecule has 11 heteroatoms. The van der Waals surface area contributed by atoms with E-state index >= 15 is 0 Å². The number of nitrogens with one attached hydrogen (secondary N) is 2. The Morgan fingerprint density at radius 1 is 1.19 bits per heavy atom. The van der Waals surface area contributed by atoms with Crippen molar-refractivity contribution in [1.82, 2.24) is 29.8 Å². The molecule has 0 radical (unpaired) electrons. The molecule has 166 valence electrons. The highest BCUT2D eigenvalue weighted by Gasteiger charge is 2.41. The van der Waals surface area contributed by atoms with Crippen LogP contribution in [-0.4, -0.2) is 58.9 Å². The second-order valence-corrected chi connectivity index (χ2v) is 10.8. The van der Waals surface area contributed by atoms with Crippen LogP contribution >= 0.6 is 0 Å². The Balaban J connectivity index is 1.68. The normalized spacial score (nSPS) is 23.4. The van der Waals surface area contributed by atoms with Gasteiger partial charge in [0.2, 0.25) is 15.9 Å². The van der Waals surface area contributed by atoms with E-state index in [1.807, 2.05) is 6.92 Å². The number of sulfonamides is 1. The lowest BCUT2D eigenvalue weighted by Crippen LogP contribution is -2.54. The molecule has 3 aromatic rings. The van der Waals surface area contributed by atoms with Gasteiger partial charge in [-0.25, -0.2) is 18.1 Å². The summed E-state index contributed by atoms with van der Waals surface area (Å²) in [6, 6.07) is 4.16. The first kappa shape index (κ1) is 20.4. The zero-order chi connectivity index (χ0) is 22.0. The quantitative estimate of drug-likeness (QED) is 0.610. The summed E-state index contributed by atoms with van der Waals surface area (Å²) in [4.78, 5) is 7.00.